The standard InChI is InChI=1S/C17H18N2O2S/c1-12-5-7-19(8-6-12)10-15-11-22-16(18-15)13-3-2-4-14(9-13)17(20)21/h2-5,9,11H,6-8,10H2,1H3,(H,20,21). The summed E-state index contributed by atoms with van der Waals surface area (Å²) in [6.07, 6.45) is 3.39. The van der Waals surface area contributed by atoms with Crippen molar-refractivity contribution in [3.8, 4) is 10.6 Å². The van der Waals surface area contributed by atoms with Gasteiger partial charge in [0.25, 0.3) is 0 Å². The highest BCUT2D eigenvalue weighted by Gasteiger charge is 2.13. The number of aromatic nitrogens is 1. The Morgan fingerprint density at radius 1 is 1.45 bits per heavy atom. The van der Waals surface area contributed by atoms with Gasteiger partial charge in [0, 0.05) is 30.6 Å². The molecule has 0 bridgehead atoms. The maximum atomic E-state index is 11.0. The van der Waals surface area contributed by atoms with E-state index in [1.807, 2.05) is 6.07 Å². The van der Waals surface area contributed by atoms with Crippen LogP contribution in [0.3, 0.4) is 0 Å². The third kappa shape index (κ3) is 3.43. The van der Waals surface area contributed by atoms with E-state index in [0.29, 0.717) is 5.56 Å². The lowest BCUT2D eigenvalue weighted by Crippen LogP contribution is -2.27. The van der Waals surface area contributed by atoms with Crippen molar-refractivity contribution in [1.29, 1.82) is 0 Å². The van der Waals surface area contributed by atoms with Crippen LogP contribution in [0.15, 0.2) is 41.3 Å². The first-order valence-corrected chi connectivity index (χ1v) is 8.16. The van der Waals surface area contributed by atoms with E-state index in [1.54, 1.807) is 29.5 Å². The Morgan fingerprint density at radius 3 is 3.05 bits per heavy atom. The number of benzene rings is 1. The van der Waals surface area contributed by atoms with Crippen molar-refractivity contribution >= 4 is 17.3 Å². The minimum atomic E-state index is -0.908. The van der Waals surface area contributed by atoms with E-state index in [-0.39, 0.29) is 0 Å². The van der Waals surface area contributed by atoms with Crippen LogP contribution in [-0.2, 0) is 6.54 Å². The summed E-state index contributed by atoms with van der Waals surface area (Å²) in [7, 11) is 0. The minimum absolute atomic E-state index is 0.297. The fourth-order valence-corrected chi connectivity index (χ4v) is 3.29. The topological polar surface area (TPSA) is 53.4 Å². The summed E-state index contributed by atoms with van der Waals surface area (Å²) in [5.41, 5.74) is 3.67. The third-order valence-electron chi connectivity index (χ3n) is 3.81. The highest BCUT2D eigenvalue weighted by molar-refractivity contribution is 7.13. The third-order valence-corrected chi connectivity index (χ3v) is 4.75. The van der Waals surface area contributed by atoms with E-state index in [1.165, 1.54) is 5.57 Å². The zero-order valence-electron chi connectivity index (χ0n) is 12.5. The van der Waals surface area contributed by atoms with Crippen LogP contribution in [0.25, 0.3) is 10.6 Å². The number of rotatable bonds is 4. The summed E-state index contributed by atoms with van der Waals surface area (Å²) in [5.74, 6) is -0.908. The molecule has 1 aromatic heterocycles. The van der Waals surface area contributed by atoms with E-state index in [9.17, 15) is 4.79 Å². The van der Waals surface area contributed by atoms with Gasteiger partial charge >= 0.3 is 5.97 Å². The van der Waals surface area contributed by atoms with Crippen LogP contribution in [-0.4, -0.2) is 34.0 Å². The first-order chi connectivity index (χ1) is 10.6. The average Bonchev–Trinajstić information content (AvgIpc) is 2.98. The molecule has 0 spiro atoms. The zero-order valence-corrected chi connectivity index (χ0v) is 13.3. The Kier molecular flexibility index (Phi) is 4.36. The summed E-state index contributed by atoms with van der Waals surface area (Å²) >= 11 is 1.57. The molecule has 1 aliphatic rings. The molecule has 4 nitrogen and oxygen atoms in total. The lowest BCUT2D eigenvalue weighted by Gasteiger charge is -2.24. The van der Waals surface area contributed by atoms with Crippen LogP contribution in [0.1, 0.15) is 29.4 Å². The van der Waals surface area contributed by atoms with Crippen molar-refractivity contribution in [2.24, 2.45) is 0 Å². The van der Waals surface area contributed by atoms with Gasteiger partial charge in [-0.15, -0.1) is 11.3 Å². The zero-order chi connectivity index (χ0) is 15.5. The molecule has 114 valence electrons. The molecule has 0 saturated heterocycles. The highest BCUT2D eigenvalue weighted by Crippen LogP contribution is 2.25. The molecule has 0 radical (unpaired) electrons. The first kappa shape index (κ1) is 14.9. The van der Waals surface area contributed by atoms with Crippen molar-refractivity contribution in [1.82, 2.24) is 9.88 Å². The number of aromatic carboxylic acids is 1. The van der Waals surface area contributed by atoms with Gasteiger partial charge in [-0.25, -0.2) is 9.78 Å². The normalized spacial score (nSPS) is 15.6. The largest absolute Gasteiger partial charge is 0.478 e. The van der Waals surface area contributed by atoms with Crippen LogP contribution in [0.5, 0.6) is 0 Å². The molecule has 0 atom stereocenters. The Balaban J connectivity index is 1.74. The quantitative estimate of drug-likeness (QED) is 0.875. The van der Waals surface area contributed by atoms with Gasteiger partial charge in [-0.3, -0.25) is 4.90 Å². The highest BCUT2D eigenvalue weighted by atomic mass is 32.1. The van der Waals surface area contributed by atoms with Crippen molar-refractivity contribution < 1.29 is 9.90 Å². The molecule has 1 aromatic carbocycles. The first-order valence-electron chi connectivity index (χ1n) is 7.28. The summed E-state index contributed by atoms with van der Waals surface area (Å²) < 4.78 is 0. The van der Waals surface area contributed by atoms with Gasteiger partial charge in [-0.2, -0.15) is 0 Å². The number of carboxylic acids is 1. The number of hydrogen-bond donors (Lipinski definition) is 1. The number of carbonyl (C=O) groups is 1. The molecule has 2 aromatic rings. The second kappa shape index (κ2) is 6.42. The van der Waals surface area contributed by atoms with Crippen molar-refractivity contribution in [3.05, 3.63) is 52.6 Å². The Morgan fingerprint density at radius 2 is 2.32 bits per heavy atom. The molecule has 0 unspecified atom stereocenters. The smallest absolute Gasteiger partial charge is 0.335 e. The van der Waals surface area contributed by atoms with Gasteiger partial charge in [0.1, 0.15) is 5.01 Å². The number of carboxylic acid groups (broad SMARTS) is 1. The summed E-state index contributed by atoms with van der Waals surface area (Å²) in [6.45, 7) is 5.07. The SMILES string of the molecule is CC1=CCN(Cc2csc(-c3cccc(C(=O)O)c3)n2)CC1. The van der Waals surface area contributed by atoms with E-state index >= 15 is 0 Å². The van der Waals surface area contributed by atoms with Gasteiger partial charge < -0.3 is 5.11 Å². The Bertz CT molecular complexity index is 721. The summed E-state index contributed by atoms with van der Waals surface area (Å²) in [5, 5.41) is 12.0. The Hall–Kier alpha value is -1.98. The van der Waals surface area contributed by atoms with Crippen LogP contribution >= 0.6 is 11.3 Å². The second-order valence-electron chi connectivity index (χ2n) is 5.57. The van der Waals surface area contributed by atoms with E-state index in [0.717, 1.165) is 42.3 Å². The molecule has 0 amide bonds. The molecule has 0 aliphatic carbocycles. The van der Waals surface area contributed by atoms with E-state index < -0.39 is 5.97 Å². The Labute approximate surface area is 133 Å². The van der Waals surface area contributed by atoms with Gasteiger partial charge in [0.15, 0.2) is 0 Å². The number of hydrogen-bond acceptors (Lipinski definition) is 4. The maximum Gasteiger partial charge on any atom is 0.335 e. The number of nitrogens with zero attached hydrogens (tertiary/aromatic N) is 2. The summed E-state index contributed by atoms with van der Waals surface area (Å²) in [6, 6.07) is 6.95. The average molecular weight is 314 g/mol. The van der Waals surface area contributed by atoms with E-state index in [4.69, 9.17) is 5.11 Å². The molecule has 0 fully saturated rings. The fourth-order valence-electron chi connectivity index (χ4n) is 2.48. The van der Waals surface area contributed by atoms with Gasteiger partial charge in [0.05, 0.1) is 11.3 Å². The maximum absolute atomic E-state index is 11.0. The molecule has 1 N–H and O–H groups in total. The second-order valence-corrected chi connectivity index (χ2v) is 6.42. The van der Waals surface area contributed by atoms with Crippen molar-refractivity contribution in [2.75, 3.05) is 13.1 Å². The van der Waals surface area contributed by atoms with Crippen LogP contribution in [0, 0.1) is 0 Å². The fraction of sp³-hybridized carbons (Fsp3) is 0.294. The lowest BCUT2D eigenvalue weighted by molar-refractivity contribution is 0.0697. The van der Waals surface area contributed by atoms with Crippen LogP contribution in [0.2, 0.25) is 0 Å². The molecule has 1 aliphatic heterocycles. The van der Waals surface area contributed by atoms with E-state index in [2.05, 4.69) is 28.3 Å². The van der Waals surface area contributed by atoms with Crippen molar-refractivity contribution in [2.45, 2.75) is 19.9 Å². The summed E-state index contributed by atoms with van der Waals surface area (Å²) in [4.78, 5) is 18.1. The lowest BCUT2D eigenvalue weighted by atomic mass is 10.1. The van der Waals surface area contributed by atoms with Crippen LogP contribution < -0.4 is 0 Å². The monoisotopic (exact) mass is 314 g/mol. The minimum Gasteiger partial charge on any atom is -0.478 e. The molecular weight excluding hydrogens is 296 g/mol. The van der Waals surface area contributed by atoms with Gasteiger partial charge in [-0.1, -0.05) is 23.8 Å². The number of thiazole rings is 1. The predicted molar refractivity (Wildman–Crippen MR) is 88.2 cm³/mol. The van der Waals surface area contributed by atoms with Crippen molar-refractivity contribution in [3.63, 3.8) is 0 Å². The molecule has 5 heteroatoms. The molecular formula is C17H18N2O2S. The molecule has 22 heavy (non-hydrogen) atoms. The van der Waals surface area contributed by atoms with Gasteiger partial charge in [-0.05, 0) is 25.5 Å². The van der Waals surface area contributed by atoms with Gasteiger partial charge in [0.2, 0.25) is 0 Å². The molecule has 0 saturated carbocycles. The van der Waals surface area contributed by atoms with Crippen LogP contribution in [0.4, 0.5) is 0 Å². The molecule has 3 rings (SSSR count). The predicted octanol–water partition coefficient (Wildman–Crippen LogP) is 3.66. The molecule has 2 heterocycles.